The Balaban J connectivity index is 1.42. The lowest BCUT2D eigenvalue weighted by atomic mass is 9.93. The van der Waals surface area contributed by atoms with Crippen LogP contribution in [-0.4, -0.2) is 11.8 Å². The molecule has 1 saturated carbocycles. The molecule has 0 aliphatic heterocycles. The predicted octanol–water partition coefficient (Wildman–Crippen LogP) is 3.68. The summed E-state index contributed by atoms with van der Waals surface area (Å²) in [4.78, 5) is 24.5. The van der Waals surface area contributed by atoms with Crippen LogP contribution < -0.4 is 10.6 Å². The highest BCUT2D eigenvalue weighted by Crippen LogP contribution is 2.43. The van der Waals surface area contributed by atoms with Crippen LogP contribution in [0.4, 0.5) is 11.4 Å². The first-order valence-electron chi connectivity index (χ1n) is 8.13. The second kappa shape index (κ2) is 6.00. The van der Waals surface area contributed by atoms with Gasteiger partial charge in [0.25, 0.3) is 5.91 Å². The van der Waals surface area contributed by atoms with Gasteiger partial charge in [-0.15, -0.1) is 0 Å². The third-order valence-corrected chi connectivity index (χ3v) is 4.75. The van der Waals surface area contributed by atoms with E-state index in [9.17, 15) is 9.59 Å². The molecular formula is C19H18N2O3. The van der Waals surface area contributed by atoms with Crippen molar-refractivity contribution >= 4 is 23.2 Å². The minimum absolute atomic E-state index is 0.0568. The molecular weight excluding hydrogens is 304 g/mol. The van der Waals surface area contributed by atoms with Crippen LogP contribution >= 0.6 is 0 Å². The Morgan fingerprint density at radius 2 is 1.83 bits per heavy atom. The Labute approximate surface area is 139 Å². The molecule has 1 aromatic carbocycles. The molecule has 2 N–H and O–H groups in total. The van der Waals surface area contributed by atoms with E-state index >= 15 is 0 Å². The highest BCUT2D eigenvalue weighted by molar-refractivity contribution is 6.02. The van der Waals surface area contributed by atoms with Gasteiger partial charge in [-0.1, -0.05) is 18.2 Å². The van der Waals surface area contributed by atoms with E-state index in [2.05, 4.69) is 22.8 Å². The van der Waals surface area contributed by atoms with E-state index in [1.54, 1.807) is 30.3 Å². The van der Waals surface area contributed by atoms with Crippen LogP contribution in [-0.2, 0) is 4.79 Å². The molecule has 1 heterocycles. The number of nitrogens with one attached hydrogen (secondary N) is 2. The van der Waals surface area contributed by atoms with E-state index in [0.29, 0.717) is 23.2 Å². The van der Waals surface area contributed by atoms with Crippen LogP contribution in [0.1, 0.15) is 23.4 Å². The number of hydrogen-bond donors (Lipinski definition) is 2. The molecule has 2 aliphatic rings. The van der Waals surface area contributed by atoms with E-state index in [1.165, 1.54) is 6.26 Å². The monoisotopic (exact) mass is 322 g/mol. The predicted molar refractivity (Wildman–Crippen MR) is 90.6 cm³/mol. The molecule has 0 unspecified atom stereocenters. The van der Waals surface area contributed by atoms with Gasteiger partial charge in [-0.25, -0.2) is 0 Å². The molecule has 1 aromatic heterocycles. The fraction of sp³-hybridized carbons (Fsp3) is 0.263. The number of furan rings is 1. The molecule has 122 valence electrons. The molecule has 24 heavy (non-hydrogen) atoms. The van der Waals surface area contributed by atoms with Crippen LogP contribution in [0.5, 0.6) is 0 Å². The Morgan fingerprint density at radius 3 is 2.50 bits per heavy atom. The van der Waals surface area contributed by atoms with Crippen molar-refractivity contribution in [1.29, 1.82) is 0 Å². The smallest absolute Gasteiger partial charge is 0.291 e. The summed E-state index contributed by atoms with van der Waals surface area (Å²) in [5, 5.41) is 5.73. The molecule has 5 heteroatoms. The van der Waals surface area contributed by atoms with Crippen LogP contribution in [0, 0.1) is 17.8 Å². The van der Waals surface area contributed by atoms with E-state index < -0.39 is 0 Å². The summed E-state index contributed by atoms with van der Waals surface area (Å²) in [5.74, 6) is 0.976. The molecule has 0 radical (unpaired) electrons. The molecule has 2 bridgehead atoms. The maximum Gasteiger partial charge on any atom is 0.291 e. The number of anilines is 2. The van der Waals surface area contributed by atoms with Crippen molar-refractivity contribution in [3.05, 3.63) is 60.6 Å². The first kappa shape index (κ1) is 14.8. The number of hydrogen-bond acceptors (Lipinski definition) is 3. The van der Waals surface area contributed by atoms with Crippen molar-refractivity contribution < 1.29 is 14.0 Å². The van der Waals surface area contributed by atoms with Crippen molar-refractivity contribution in [2.24, 2.45) is 17.8 Å². The van der Waals surface area contributed by atoms with Crippen molar-refractivity contribution in [2.45, 2.75) is 12.8 Å². The summed E-state index contributed by atoms with van der Waals surface area (Å²) >= 11 is 0. The molecule has 5 nitrogen and oxygen atoms in total. The Kier molecular flexibility index (Phi) is 3.69. The maximum atomic E-state index is 12.5. The Morgan fingerprint density at radius 1 is 1.00 bits per heavy atom. The normalized spacial score (nSPS) is 24.1. The van der Waals surface area contributed by atoms with Gasteiger partial charge in [0.05, 0.1) is 6.26 Å². The van der Waals surface area contributed by atoms with E-state index in [4.69, 9.17) is 4.42 Å². The maximum absolute atomic E-state index is 12.5. The molecule has 2 aromatic rings. The summed E-state index contributed by atoms with van der Waals surface area (Å²) in [6.07, 6.45) is 7.87. The highest BCUT2D eigenvalue weighted by Gasteiger charge is 2.39. The zero-order valence-electron chi connectivity index (χ0n) is 13.1. The summed E-state index contributed by atoms with van der Waals surface area (Å²) in [6.45, 7) is 0. The fourth-order valence-electron chi connectivity index (χ4n) is 3.59. The number of fused-ring (bicyclic) bond motifs is 2. The standard InChI is InChI=1S/C19H18N2O3/c22-18(16-10-12-6-7-13(16)9-12)20-14-3-1-4-15(11-14)21-19(23)17-5-2-8-24-17/h1-8,11-13,16H,9-10H2,(H,20,22)(H,21,23)/t12-,13-,16-/m0/s1. The number of allylic oxidation sites excluding steroid dienone is 2. The van der Waals surface area contributed by atoms with Crippen LogP contribution in [0.2, 0.25) is 0 Å². The number of carbonyl (C=O) groups is 2. The Bertz CT molecular complexity index is 795. The van der Waals surface area contributed by atoms with Crippen LogP contribution in [0.3, 0.4) is 0 Å². The van der Waals surface area contributed by atoms with Crippen LogP contribution in [0.25, 0.3) is 0 Å². The average molecular weight is 322 g/mol. The van der Waals surface area contributed by atoms with Crippen molar-refractivity contribution in [3.8, 4) is 0 Å². The third kappa shape index (κ3) is 2.85. The average Bonchev–Trinajstić information content (AvgIpc) is 3.32. The minimum atomic E-state index is -0.318. The minimum Gasteiger partial charge on any atom is -0.459 e. The largest absolute Gasteiger partial charge is 0.459 e. The summed E-state index contributed by atoms with van der Waals surface area (Å²) < 4.78 is 5.07. The van der Waals surface area contributed by atoms with Gasteiger partial charge in [-0.05, 0) is 55.0 Å². The number of benzene rings is 1. The summed E-state index contributed by atoms with van der Waals surface area (Å²) in [6, 6.07) is 10.4. The molecule has 0 spiro atoms. The topological polar surface area (TPSA) is 71.3 Å². The van der Waals surface area contributed by atoms with Crippen molar-refractivity contribution in [2.75, 3.05) is 10.6 Å². The molecule has 0 saturated heterocycles. The first-order chi connectivity index (χ1) is 11.7. The first-order valence-corrected chi connectivity index (χ1v) is 8.13. The zero-order chi connectivity index (χ0) is 16.5. The molecule has 1 fully saturated rings. The van der Waals surface area contributed by atoms with Crippen molar-refractivity contribution in [1.82, 2.24) is 0 Å². The van der Waals surface area contributed by atoms with Gasteiger partial charge >= 0.3 is 0 Å². The van der Waals surface area contributed by atoms with Crippen molar-refractivity contribution in [3.63, 3.8) is 0 Å². The number of amides is 2. The molecule has 4 rings (SSSR count). The highest BCUT2D eigenvalue weighted by atomic mass is 16.3. The SMILES string of the molecule is O=C(Nc1cccc(NC(=O)[C@H]2C[C@H]3C=C[C@H]2C3)c1)c1ccco1. The quantitative estimate of drug-likeness (QED) is 0.843. The van der Waals surface area contributed by atoms with Crippen LogP contribution in [0.15, 0.2) is 59.2 Å². The third-order valence-electron chi connectivity index (χ3n) is 4.75. The fourth-order valence-corrected chi connectivity index (χ4v) is 3.59. The van der Waals surface area contributed by atoms with Gasteiger partial charge in [0.15, 0.2) is 5.76 Å². The Hall–Kier alpha value is -2.82. The second-order valence-corrected chi connectivity index (χ2v) is 6.39. The lowest BCUT2D eigenvalue weighted by Crippen LogP contribution is -2.25. The summed E-state index contributed by atoms with van der Waals surface area (Å²) in [7, 11) is 0. The van der Waals surface area contributed by atoms with Gasteiger partial charge in [0, 0.05) is 17.3 Å². The van der Waals surface area contributed by atoms with E-state index in [0.717, 1.165) is 12.8 Å². The molecule has 2 amide bonds. The molecule has 2 aliphatic carbocycles. The summed E-state index contributed by atoms with van der Waals surface area (Å²) in [5.41, 5.74) is 1.30. The lowest BCUT2D eigenvalue weighted by Gasteiger charge is -2.17. The van der Waals surface area contributed by atoms with Gasteiger partial charge in [-0.2, -0.15) is 0 Å². The second-order valence-electron chi connectivity index (χ2n) is 6.39. The lowest BCUT2D eigenvalue weighted by molar-refractivity contribution is -0.120. The van der Waals surface area contributed by atoms with Gasteiger partial charge in [-0.3, -0.25) is 9.59 Å². The molecule has 3 atom stereocenters. The number of rotatable bonds is 4. The van der Waals surface area contributed by atoms with Gasteiger partial charge in [0.1, 0.15) is 0 Å². The number of carbonyl (C=O) groups excluding carboxylic acids is 2. The van der Waals surface area contributed by atoms with E-state index in [-0.39, 0.29) is 23.5 Å². The van der Waals surface area contributed by atoms with E-state index in [1.807, 2.05) is 6.07 Å². The van der Waals surface area contributed by atoms with Gasteiger partial charge < -0.3 is 15.1 Å². The van der Waals surface area contributed by atoms with Gasteiger partial charge in [0.2, 0.25) is 5.91 Å². The zero-order valence-corrected chi connectivity index (χ0v) is 13.1.